The first-order valence-corrected chi connectivity index (χ1v) is 8.84. The molecule has 0 saturated heterocycles. The van der Waals surface area contributed by atoms with Crippen LogP contribution in [-0.2, 0) is 9.59 Å². The van der Waals surface area contributed by atoms with E-state index in [1.54, 1.807) is 35.8 Å². The van der Waals surface area contributed by atoms with Gasteiger partial charge in [0.15, 0.2) is 5.16 Å². The SMILES string of the molecule is CC(=O)Nc1ccc(NC(=O)[C@H](C)Sc2n[nH]c(=O)n2C2CC2)cc1. The highest BCUT2D eigenvalue weighted by Crippen LogP contribution is 2.36. The van der Waals surface area contributed by atoms with Gasteiger partial charge in [0.2, 0.25) is 11.8 Å². The second-order valence-electron chi connectivity index (χ2n) is 5.92. The van der Waals surface area contributed by atoms with Gasteiger partial charge in [-0.3, -0.25) is 14.2 Å². The lowest BCUT2D eigenvalue weighted by molar-refractivity contribution is -0.115. The van der Waals surface area contributed by atoms with Crippen LogP contribution in [0.3, 0.4) is 0 Å². The zero-order chi connectivity index (χ0) is 18.0. The van der Waals surface area contributed by atoms with Crippen molar-refractivity contribution in [1.82, 2.24) is 14.8 Å². The van der Waals surface area contributed by atoms with Crippen molar-refractivity contribution in [2.75, 3.05) is 10.6 Å². The molecule has 1 aromatic heterocycles. The predicted molar refractivity (Wildman–Crippen MR) is 95.8 cm³/mol. The van der Waals surface area contributed by atoms with Crippen LogP contribution in [0.5, 0.6) is 0 Å². The molecule has 1 atom stereocenters. The smallest absolute Gasteiger partial charge is 0.326 e. The van der Waals surface area contributed by atoms with Crippen molar-refractivity contribution in [2.24, 2.45) is 0 Å². The second-order valence-corrected chi connectivity index (χ2v) is 7.23. The number of anilines is 2. The van der Waals surface area contributed by atoms with Crippen molar-refractivity contribution in [3.8, 4) is 0 Å². The minimum Gasteiger partial charge on any atom is -0.326 e. The number of rotatable bonds is 6. The van der Waals surface area contributed by atoms with Crippen molar-refractivity contribution in [1.29, 1.82) is 0 Å². The van der Waals surface area contributed by atoms with E-state index in [0.717, 1.165) is 12.8 Å². The average Bonchev–Trinajstić information content (AvgIpc) is 3.33. The third-order valence-corrected chi connectivity index (χ3v) is 4.77. The van der Waals surface area contributed by atoms with Crippen molar-refractivity contribution < 1.29 is 9.59 Å². The number of benzene rings is 1. The predicted octanol–water partition coefficient (Wildman–Crippen LogP) is 1.98. The number of hydrogen-bond donors (Lipinski definition) is 3. The molecule has 3 N–H and O–H groups in total. The fraction of sp³-hybridized carbons (Fsp3) is 0.375. The molecule has 1 aliphatic rings. The highest BCUT2D eigenvalue weighted by molar-refractivity contribution is 8.00. The monoisotopic (exact) mass is 361 g/mol. The van der Waals surface area contributed by atoms with E-state index in [1.807, 2.05) is 0 Å². The Hall–Kier alpha value is -2.55. The minimum absolute atomic E-state index is 0.150. The molecule has 1 aliphatic carbocycles. The Kier molecular flexibility index (Phi) is 4.93. The summed E-state index contributed by atoms with van der Waals surface area (Å²) in [5, 5.41) is 12.1. The van der Waals surface area contributed by atoms with Crippen LogP contribution in [0.25, 0.3) is 0 Å². The Morgan fingerprint density at radius 2 is 1.84 bits per heavy atom. The van der Waals surface area contributed by atoms with Crippen molar-refractivity contribution in [3.05, 3.63) is 34.7 Å². The summed E-state index contributed by atoms with van der Waals surface area (Å²) in [6.45, 7) is 3.20. The quantitative estimate of drug-likeness (QED) is 0.682. The molecule has 2 aromatic rings. The lowest BCUT2D eigenvalue weighted by atomic mass is 10.2. The number of carbonyl (C=O) groups excluding carboxylic acids is 2. The number of nitrogens with one attached hydrogen (secondary N) is 3. The summed E-state index contributed by atoms with van der Waals surface area (Å²) in [5.74, 6) is -0.336. The van der Waals surface area contributed by atoms with E-state index < -0.39 is 5.25 Å². The molecule has 0 aliphatic heterocycles. The molecule has 1 heterocycles. The van der Waals surface area contributed by atoms with E-state index in [0.29, 0.717) is 16.5 Å². The van der Waals surface area contributed by atoms with E-state index in [-0.39, 0.29) is 23.5 Å². The summed E-state index contributed by atoms with van der Waals surface area (Å²) in [6, 6.07) is 7.07. The molecule has 9 heteroatoms. The number of thioether (sulfide) groups is 1. The zero-order valence-corrected chi connectivity index (χ0v) is 14.7. The molecular weight excluding hydrogens is 342 g/mol. The number of aromatic amines is 1. The van der Waals surface area contributed by atoms with E-state index in [2.05, 4.69) is 20.8 Å². The lowest BCUT2D eigenvalue weighted by Crippen LogP contribution is -2.23. The van der Waals surface area contributed by atoms with Crippen LogP contribution < -0.4 is 16.3 Å². The van der Waals surface area contributed by atoms with Gasteiger partial charge in [-0.05, 0) is 44.0 Å². The van der Waals surface area contributed by atoms with Crippen LogP contribution in [0.15, 0.2) is 34.2 Å². The summed E-state index contributed by atoms with van der Waals surface area (Å²) in [5.41, 5.74) is 1.07. The maximum atomic E-state index is 12.4. The normalized spacial score (nSPS) is 14.8. The topological polar surface area (TPSA) is 109 Å². The molecule has 8 nitrogen and oxygen atoms in total. The fourth-order valence-corrected chi connectivity index (χ4v) is 3.25. The van der Waals surface area contributed by atoms with Gasteiger partial charge in [0.1, 0.15) is 0 Å². The highest BCUT2D eigenvalue weighted by atomic mass is 32.2. The zero-order valence-electron chi connectivity index (χ0n) is 13.9. The summed E-state index contributed by atoms with van der Waals surface area (Å²) >= 11 is 1.25. The lowest BCUT2D eigenvalue weighted by Gasteiger charge is -2.12. The number of carbonyl (C=O) groups is 2. The van der Waals surface area contributed by atoms with Crippen molar-refractivity contribution >= 4 is 35.0 Å². The van der Waals surface area contributed by atoms with Gasteiger partial charge in [0.05, 0.1) is 5.25 Å². The molecule has 25 heavy (non-hydrogen) atoms. The Morgan fingerprint density at radius 3 is 2.40 bits per heavy atom. The number of aromatic nitrogens is 3. The molecule has 1 fully saturated rings. The molecule has 0 bridgehead atoms. The van der Waals surface area contributed by atoms with Crippen LogP contribution in [0, 0.1) is 0 Å². The minimum atomic E-state index is -0.414. The third-order valence-electron chi connectivity index (χ3n) is 3.71. The Labute approximate surface area is 148 Å². The van der Waals surface area contributed by atoms with Gasteiger partial charge in [-0.25, -0.2) is 9.89 Å². The maximum absolute atomic E-state index is 12.4. The molecule has 0 radical (unpaired) electrons. The maximum Gasteiger partial charge on any atom is 0.344 e. The van der Waals surface area contributed by atoms with Crippen LogP contribution >= 0.6 is 11.8 Å². The largest absolute Gasteiger partial charge is 0.344 e. The molecule has 0 unspecified atom stereocenters. The van der Waals surface area contributed by atoms with E-state index in [1.165, 1.54) is 18.7 Å². The van der Waals surface area contributed by atoms with Crippen molar-refractivity contribution in [3.63, 3.8) is 0 Å². The second kappa shape index (κ2) is 7.14. The van der Waals surface area contributed by atoms with Crippen LogP contribution in [0.2, 0.25) is 0 Å². The summed E-state index contributed by atoms with van der Waals surface area (Å²) in [6.07, 6.45) is 1.93. The third kappa shape index (κ3) is 4.30. The number of H-pyrrole nitrogens is 1. The number of hydrogen-bond acceptors (Lipinski definition) is 5. The first-order chi connectivity index (χ1) is 11.9. The van der Waals surface area contributed by atoms with Crippen LogP contribution in [0.1, 0.15) is 32.7 Å². The van der Waals surface area contributed by atoms with E-state index >= 15 is 0 Å². The Balaban J connectivity index is 1.61. The first-order valence-electron chi connectivity index (χ1n) is 7.96. The van der Waals surface area contributed by atoms with Gasteiger partial charge in [-0.1, -0.05) is 11.8 Å². The van der Waals surface area contributed by atoms with Crippen molar-refractivity contribution in [2.45, 2.75) is 43.1 Å². The number of amides is 2. The van der Waals surface area contributed by atoms with E-state index in [4.69, 9.17) is 0 Å². The molecule has 0 spiro atoms. The van der Waals surface area contributed by atoms with E-state index in [9.17, 15) is 14.4 Å². The van der Waals surface area contributed by atoms with Gasteiger partial charge in [-0.2, -0.15) is 0 Å². The fourth-order valence-electron chi connectivity index (χ4n) is 2.32. The summed E-state index contributed by atoms with van der Waals surface area (Å²) in [4.78, 5) is 35.1. The van der Waals surface area contributed by atoms with Crippen LogP contribution in [-0.4, -0.2) is 31.8 Å². The Bertz CT molecular complexity index is 838. The Morgan fingerprint density at radius 1 is 1.24 bits per heavy atom. The first kappa shape index (κ1) is 17.3. The van der Waals surface area contributed by atoms with Gasteiger partial charge in [-0.15, -0.1) is 5.10 Å². The summed E-state index contributed by atoms with van der Waals surface area (Å²) in [7, 11) is 0. The summed E-state index contributed by atoms with van der Waals surface area (Å²) < 4.78 is 1.62. The van der Waals surface area contributed by atoms with Gasteiger partial charge in [0, 0.05) is 24.3 Å². The highest BCUT2D eigenvalue weighted by Gasteiger charge is 2.30. The molecule has 2 amide bonds. The molecular formula is C16H19N5O3S. The van der Waals surface area contributed by atoms with Gasteiger partial charge >= 0.3 is 5.69 Å². The van der Waals surface area contributed by atoms with Crippen LogP contribution in [0.4, 0.5) is 11.4 Å². The van der Waals surface area contributed by atoms with Gasteiger partial charge in [0.25, 0.3) is 0 Å². The molecule has 132 valence electrons. The molecule has 1 saturated carbocycles. The molecule has 3 rings (SSSR count). The average molecular weight is 361 g/mol. The standard InChI is InChI=1S/C16H19N5O3S/c1-9(25-16-20-19-15(24)21(16)13-7-8-13)14(23)18-12-5-3-11(4-6-12)17-10(2)22/h3-6,9,13H,7-8H2,1-2H3,(H,17,22)(H,18,23)(H,19,24)/t9-/m0/s1. The number of nitrogens with zero attached hydrogens (tertiary/aromatic N) is 2. The molecule has 1 aromatic carbocycles. The van der Waals surface area contributed by atoms with Gasteiger partial charge < -0.3 is 10.6 Å².